The van der Waals surface area contributed by atoms with E-state index in [1.54, 1.807) is 0 Å². The summed E-state index contributed by atoms with van der Waals surface area (Å²) in [7, 11) is 0. The largest absolute Gasteiger partial charge is 0.369 e. The minimum absolute atomic E-state index is 0.815. The van der Waals surface area contributed by atoms with E-state index in [1.807, 2.05) is 6.07 Å². The Balaban J connectivity index is 1.78. The number of hydrogen-bond acceptors (Lipinski definition) is 3. The number of fused-ring (bicyclic) bond motifs is 1. The minimum atomic E-state index is 0.815. The Morgan fingerprint density at radius 3 is 2.89 bits per heavy atom. The van der Waals surface area contributed by atoms with Crippen molar-refractivity contribution in [2.45, 2.75) is 26.3 Å². The summed E-state index contributed by atoms with van der Waals surface area (Å²) in [5, 5.41) is 6.78. The zero-order valence-corrected chi connectivity index (χ0v) is 11.2. The number of rotatable bonds is 4. The van der Waals surface area contributed by atoms with Gasteiger partial charge in [-0.2, -0.15) is 0 Å². The highest BCUT2D eigenvalue weighted by Gasteiger charge is 2.16. The van der Waals surface area contributed by atoms with Crippen LogP contribution in [0.4, 0.5) is 11.6 Å². The molecule has 2 heterocycles. The lowest BCUT2D eigenvalue weighted by Crippen LogP contribution is -2.04. The van der Waals surface area contributed by atoms with Gasteiger partial charge in [0.15, 0.2) is 0 Å². The van der Waals surface area contributed by atoms with Gasteiger partial charge in [0.25, 0.3) is 0 Å². The Bertz CT molecular complexity index is 564. The van der Waals surface area contributed by atoms with Crippen molar-refractivity contribution < 1.29 is 0 Å². The van der Waals surface area contributed by atoms with E-state index in [0.717, 1.165) is 37.6 Å². The van der Waals surface area contributed by atoms with Gasteiger partial charge in [0.05, 0.1) is 0 Å². The van der Waals surface area contributed by atoms with E-state index in [1.165, 1.54) is 16.7 Å². The van der Waals surface area contributed by atoms with E-state index < -0.39 is 0 Å². The van der Waals surface area contributed by atoms with Crippen molar-refractivity contribution in [2.24, 2.45) is 0 Å². The lowest BCUT2D eigenvalue weighted by atomic mass is 10.1. The maximum Gasteiger partial charge on any atom is 0.131 e. The van der Waals surface area contributed by atoms with Crippen molar-refractivity contribution in [3.05, 3.63) is 53.1 Å². The molecule has 3 nitrogen and oxygen atoms in total. The van der Waals surface area contributed by atoms with Crippen LogP contribution < -0.4 is 10.6 Å². The highest BCUT2D eigenvalue weighted by Crippen LogP contribution is 2.27. The first kappa shape index (κ1) is 12.0. The summed E-state index contributed by atoms with van der Waals surface area (Å²) in [6.07, 6.45) is 2.16. The van der Waals surface area contributed by atoms with Crippen LogP contribution in [-0.4, -0.2) is 11.5 Å². The molecule has 0 spiro atoms. The zero-order valence-electron chi connectivity index (χ0n) is 11.2. The van der Waals surface area contributed by atoms with Crippen molar-refractivity contribution >= 4 is 11.6 Å². The number of anilines is 2. The Hall–Kier alpha value is -2.03. The normalized spacial score (nSPS) is 12.9. The lowest BCUT2D eigenvalue weighted by Gasteiger charge is -2.11. The number of nitrogens with one attached hydrogen (secondary N) is 2. The van der Waals surface area contributed by atoms with Crippen molar-refractivity contribution in [3.63, 3.8) is 0 Å². The molecule has 98 valence electrons. The Kier molecular flexibility index (Phi) is 3.36. The smallest absolute Gasteiger partial charge is 0.131 e. The zero-order chi connectivity index (χ0) is 13.1. The maximum absolute atomic E-state index is 4.65. The van der Waals surface area contributed by atoms with Crippen molar-refractivity contribution in [1.82, 2.24) is 4.98 Å². The molecule has 0 fully saturated rings. The molecule has 2 N–H and O–H groups in total. The molecule has 1 aliphatic heterocycles. The van der Waals surface area contributed by atoms with E-state index in [4.69, 9.17) is 0 Å². The summed E-state index contributed by atoms with van der Waals surface area (Å²) in [6.45, 7) is 4.03. The van der Waals surface area contributed by atoms with Gasteiger partial charge in [0, 0.05) is 13.1 Å². The third-order valence-corrected chi connectivity index (χ3v) is 3.58. The topological polar surface area (TPSA) is 37.0 Å². The molecule has 3 heteroatoms. The second-order valence-corrected chi connectivity index (χ2v) is 4.86. The van der Waals surface area contributed by atoms with E-state index in [9.17, 15) is 0 Å². The van der Waals surface area contributed by atoms with Crippen LogP contribution >= 0.6 is 0 Å². The Labute approximate surface area is 114 Å². The first-order chi connectivity index (χ1) is 9.36. The highest BCUT2D eigenvalue weighted by atomic mass is 15.1. The quantitative estimate of drug-likeness (QED) is 0.878. The molecule has 0 radical (unpaired) electrons. The second-order valence-electron chi connectivity index (χ2n) is 4.86. The minimum Gasteiger partial charge on any atom is -0.369 e. The number of nitrogens with zero attached hydrogens (tertiary/aromatic N) is 1. The number of aryl methyl sites for hydroxylation is 1. The van der Waals surface area contributed by atoms with Gasteiger partial charge in [-0.25, -0.2) is 4.98 Å². The monoisotopic (exact) mass is 253 g/mol. The molecule has 1 aromatic carbocycles. The molecule has 19 heavy (non-hydrogen) atoms. The Morgan fingerprint density at radius 1 is 1.26 bits per heavy atom. The van der Waals surface area contributed by atoms with Crippen LogP contribution in [0.15, 0.2) is 36.4 Å². The number of hydrogen-bond donors (Lipinski definition) is 2. The van der Waals surface area contributed by atoms with Gasteiger partial charge in [-0.05, 0) is 35.6 Å². The summed E-state index contributed by atoms with van der Waals surface area (Å²) in [6, 6.07) is 12.6. The van der Waals surface area contributed by atoms with E-state index >= 15 is 0 Å². The fraction of sp³-hybridized carbons (Fsp3) is 0.312. The van der Waals surface area contributed by atoms with Crippen LogP contribution in [0.2, 0.25) is 0 Å². The summed E-state index contributed by atoms with van der Waals surface area (Å²) in [5.74, 6) is 2.03. The Morgan fingerprint density at radius 2 is 2.11 bits per heavy atom. The summed E-state index contributed by atoms with van der Waals surface area (Å²) < 4.78 is 0. The molecule has 0 saturated carbocycles. The molecule has 0 unspecified atom stereocenters. The first-order valence-corrected chi connectivity index (χ1v) is 6.91. The molecule has 2 aromatic rings. The maximum atomic E-state index is 4.65. The molecule has 0 aliphatic carbocycles. The van der Waals surface area contributed by atoms with Crippen molar-refractivity contribution in [3.8, 4) is 0 Å². The third-order valence-electron chi connectivity index (χ3n) is 3.58. The number of pyridine rings is 1. The lowest BCUT2D eigenvalue weighted by molar-refractivity contribution is 1.03. The molecule has 0 amide bonds. The average Bonchev–Trinajstić information content (AvgIpc) is 2.93. The molecule has 0 saturated heterocycles. The standard InChI is InChI=1S/C16H19N3/c1-2-13-10-15(19-16-14(13)8-9-17-16)18-11-12-6-4-3-5-7-12/h3-7,10H,2,8-9,11H2,1H3,(H2,17,18,19). The predicted molar refractivity (Wildman–Crippen MR) is 79.6 cm³/mol. The molecule has 3 rings (SSSR count). The van der Waals surface area contributed by atoms with Gasteiger partial charge in [-0.1, -0.05) is 37.3 Å². The molecular formula is C16H19N3. The summed E-state index contributed by atoms with van der Waals surface area (Å²) in [5.41, 5.74) is 4.08. The molecule has 0 atom stereocenters. The van der Waals surface area contributed by atoms with Crippen molar-refractivity contribution in [2.75, 3.05) is 17.2 Å². The second kappa shape index (κ2) is 5.31. The van der Waals surface area contributed by atoms with Crippen LogP contribution in [-0.2, 0) is 19.4 Å². The van der Waals surface area contributed by atoms with E-state index in [2.05, 4.69) is 52.9 Å². The molecular weight excluding hydrogens is 234 g/mol. The highest BCUT2D eigenvalue weighted by molar-refractivity contribution is 5.58. The van der Waals surface area contributed by atoms with Gasteiger partial charge in [0.2, 0.25) is 0 Å². The van der Waals surface area contributed by atoms with E-state index in [-0.39, 0.29) is 0 Å². The van der Waals surface area contributed by atoms with Gasteiger partial charge < -0.3 is 10.6 Å². The SMILES string of the molecule is CCc1cc(NCc2ccccc2)nc2c1CCN2. The summed E-state index contributed by atoms with van der Waals surface area (Å²) >= 11 is 0. The van der Waals surface area contributed by atoms with Crippen molar-refractivity contribution in [1.29, 1.82) is 0 Å². The number of benzene rings is 1. The van der Waals surface area contributed by atoms with Gasteiger partial charge in [0.1, 0.15) is 11.6 Å². The molecule has 0 bridgehead atoms. The molecule has 1 aliphatic rings. The third kappa shape index (κ3) is 2.55. The van der Waals surface area contributed by atoms with Crippen LogP contribution in [0, 0.1) is 0 Å². The average molecular weight is 253 g/mol. The number of aromatic nitrogens is 1. The van der Waals surface area contributed by atoms with Gasteiger partial charge in [-0.3, -0.25) is 0 Å². The van der Waals surface area contributed by atoms with Gasteiger partial charge in [-0.15, -0.1) is 0 Å². The fourth-order valence-electron chi connectivity index (χ4n) is 2.55. The van der Waals surface area contributed by atoms with Crippen LogP contribution in [0.3, 0.4) is 0 Å². The van der Waals surface area contributed by atoms with E-state index in [0.29, 0.717) is 0 Å². The van der Waals surface area contributed by atoms with Gasteiger partial charge >= 0.3 is 0 Å². The predicted octanol–water partition coefficient (Wildman–Crippen LogP) is 3.22. The first-order valence-electron chi connectivity index (χ1n) is 6.91. The summed E-state index contributed by atoms with van der Waals surface area (Å²) in [4.78, 5) is 4.65. The van der Waals surface area contributed by atoms with Crippen LogP contribution in [0.25, 0.3) is 0 Å². The fourth-order valence-corrected chi connectivity index (χ4v) is 2.55. The molecule has 1 aromatic heterocycles. The van der Waals surface area contributed by atoms with Crippen LogP contribution in [0.5, 0.6) is 0 Å². The van der Waals surface area contributed by atoms with Crippen LogP contribution in [0.1, 0.15) is 23.6 Å².